The molecule has 0 radical (unpaired) electrons. The second kappa shape index (κ2) is 7.39. The maximum Gasteiger partial charge on any atom is 0.259 e. The van der Waals surface area contributed by atoms with Crippen LogP contribution in [0.1, 0.15) is 39.1 Å². The number of benzene rings is 2. The van der Waals surface area contributed by atoms with Gasteiger partial charge in [-0.05, 0) is 49.7 Å². The molecule has 0 spiro atoms. The minimum Gasteiger partial charge on any atom is -0.366 e. The molecule has 0 bridgehead atoms. The number of rotatable bonds is 5. The molecule has 0 aliphatic carbocycles. The molecular weight excluding hydrogens is 330 g/mol. The minimum absolute atomic E-state index is 0.0421. The normalized spacial score (nSPS) is 13.7. The predicted octanol–water partition coefficient (Wildman–Crippen LogP) is 2.32. The van der Waals surface area contributed by atoms with E-state index in [0.717, 1.165) is 12.0 Å². The monoisotopic (exact) mass is 351 g/mol. The van der Waals surface area contributed by atoms with E-state index in [9.17, 15) is 14.4 Å². The van der Waals surface area contributed by atoms with E-state index in [2.05, 4.69) is 0 Å². The zero-order chi connectivity index (χ0) is 18.7. The molecular formula is C20H21N3O3. The lowest BCUT2D eigenvalue weighted by Crippen LogP contribution is -2.42. The van der Waals surface area contributed by atoms with Crippen LogP contribution in [0.15, 0.2) is 48.5 Å². The fourth-order valence-electron chi connectivity index (χ4n) is 2.94. The van der Waals surface area contributed by atoms with Crippen LogP contribution in [-0.2, 0) is 4.79 Å². The average molecular weight is 351 g/mol. The zero-order valence-electron chi connectivity index (χ0n) is 14.6. The first-order chi connectivity index (χ1) is 12.5. The molecule has 3 amide bonds. The number of aryl methyl sites for hydroxylation is 1. The van der Waals surface area contributed by atoms with E-state index >= 15 is 0 Å². The van der Waals surface area contributed by atoms with Crippen molar-refractivity contribution in [2.75, 3.05) is 18.1 Å². The third-order valence-corrected chi connectivity index (χ3v) is 4.49. The molecule has 0 unspecified atom stereocenters. The molecule has 2 aromatic carbocycles. The average Bonchev–Trinajstić information content (AvgIpc) is 3.04. The molecule has 1 saturated heterocycles. The van der Waals surface area contributed by atoms with E-state index in [0.29, 0.717) is 29.8 Å². The number of carbonyl (C=O) groups is 3. The van der Waals surface area contributed by atoms with Gasteiger partial charge in [0, 0.05) is 29.8 Å². The number of nitrogens with two attached hydrogens (primary N) is 1. The van der Waals surface area contributed by atoms with Crippen LogP contribution in [0.5, 0.6) is 0 Å². The highest BCUT2D eigenvalue weighted by Gasteiger charge is 2.26. The van der Waals surface area contributed by atoms with Crippen molar-refractivity contribution in [2.24, 2.45) is 5.73 Å². The van der Waals surface area contributed by atoms with E-state index in [1.165, 1.54) is 0 Å². The van der Waals surface area contributed by atoms with Gasteiger partial charge >= 0.3 is 0 Å². The summed E-state index contributed by atoms with van der Waals surface area (Å²) < 4.78 is 0. The fourth-order valence-corrected chi connectivity index (χ4v) is 2.94. The number of likely N-dealkylation sites (tertiary alicyclic amines) is 1. The van der Waals surface area contributed by atoms with Gasteiger partial charge in [-0.15, -0.1) is 0 Å². The quantitative estimate of drug-likeness (QED) is 0.897. The van der Waals surface area contributed by atoms with Crippen LogP contribution in [0.3, 0.4) is 0 Å². The molecule has 2 aromatic rings. The van der Waals surface area contributed by atoms with Gasteiger partial charge in [-0.1, -0.05) is 17.7 Å². The number of anilines is 1. The van der Waals surface area contributed by atoms with Gasteiger partial charge in [-0.25, -0.2) is 0 Å². The molecule has 0 aromatic heterocycles. The SMILES string of the molecule is Cc1ccc(C(=O)N(CN2CCCC2=O)c2ccc(C(N)=O)cc2)cc1. The minimum atomic E-state index is -0.525. The second-order valence-corrected chi connectivity index (χ2v) is 6.41. The molecule has 2 N–H and O–H groups in total. The van der Waals surface area contributed by atoms with Gasteiger partial charge in [-0.2, -0.15) is 0 Å². The van der Waals surface area contributed by atoms with E-state index in [-0.39, 0.29) is 18.5 Å². The van der Waals surface area contributed by atoms with Gasteiger partial charge in [0.25, 0.3) is 5.91 Å². The van der Waals surface area contributed by atoms with Crippen molar-refractivity contribution in [3.8, 4) is 0 Å². The standard InChI is InChI=1S/C20H21N3O3/c1-14-4-6-16(7-5-14)20(26)23(13-22-12-2-3-18(22)24)17-10-8-15(9-11-17)19(21)25/h4-11H,2-3,12-13H2,1H3,(H2,21,25). The molecule has 1 aliphatic rings. The van der Waals surface area contributed by atoms with Gasteiger partial charge in [0.1, 0.15) is 6.67 Å². The van der Waals surface area contributed by atoms with Crippen molar-refractivity contribution in [1.82, 2.24) is 4.90 Å². The van der Waals surface area contributed by atoms with E-state index in [1.54, 1.807) is 46.2 Å². The fraction of sp³-hybridized carbons (Fsp3) is 0.250. The Hall–Kier alpha value is -3.15. The summed E-state index contributed by atoms with van der Waals surface area (Å²) in [7, 11) is 0. The first-order valence-corrected chi connectivity index (χ1v) is 8.52. The number of amides is 3. The number of nitrogens with zero attached hydrogens (tertiary/aromatic N) is 2. The van der Waals surface area contributed by atoms with Gasteiger partial charge in [0.2, 0.25) is 11.8 Å². The Morgan fingerprint density at radius 1 is 1.04 bits per heavy atom. The molecule has 0 atom stereocenters. The molecule has 3 rings (SSSR count). The van der Waals surface area contributed by atoms with Crippen LogP contribution >= 0.6 is 0 Å². The van der Waals surface area contributed by atoms with Crippen LogP contribution in [0.2, 0.25) is 0 Å². The molecule has 0 saturated carbocycles. The Labute approximate surface area is 152 Å². The van der Waals surface area contributed by atoms with Gasteiger partial charge in [0.05, 0.1) is 0 Å². The lowest BCUT2D eigenvalue weighted by atomic mass is 10.1. The van der Waals surface area contributed by atoms with Crippen molar-refractivity contribution < 1.29 is 14.4 Å². The lowest BCUT2D eigenvalue weighted by Gasteiger charge is -2.28. The summed E-state index contributed by atoms with van der Waals surface area (Å²) in [6, 6.07) is 13.8. The Kier molecular flexibility index (Phi) is 5.02. The zero-order valence-corrected chi connectivity index (χ0v) is 14.6. The van der Waals surface area contributed by atoms with Gasteiger partial charge < -0.3 is 10.6 Å². The lowest BCUT2D eigenvalue weighted by molar-refractivity contribution is -0.127. The van der Waals surface area contributed by atoms with Gasteiger partial charge in [-0.3, -0.25) is 19.3 Å². The number of primary amides is 1. The maximum atomic E-state index is 13.1. The first-order valence-electron chi connectivity index (χ1n) is 8.52. The topological polar surface area (TPSA) is 83.7 Å². The summed E-state index contributed by atoms with van der Waals surface area (Å²) >= 11 is 0. The summed E-state index contributed by atoms with van der Waals surface area (Å²) in [5.74, 6) is -0.681. The number of hydrogen-bond acceptors (Lipinski definition) is 3. The van der Waals surface area contributed by atoms with Crippen LogP contribution in [-0.4, -0.2) is 35.8 Å². The van der Waals surface area contributed by atoms with E-state index in [1.807, 2.05) is 19.1 Å². The summed E-state index contributed by atoms with van der Waals surface area (Å²) in [6.07, 6.45) is 1.30. The summed E-state index contributed by atoms with van der Waals surface area (Å²) in [4.78, 5) is 39.6. The highest BCUT2D eigenvalue weighted by molar-refractivity contribution is 6.06. The van der Waals surface area contributed by atoms with E-state index < -0.39 is 5.91 Å². The van der Waals surface area contributed by atoms with E-state index in [4.69, 9.17) is 5.73 Å². The summed E-state index contributed by atoms with van der Waals surface area (Å²) in [5.41, 5.74) is 7.87. The molecule has 26 heavy (non-hydrogen) atoms. The highest BCUT2D eigenvalue weighted by atomic mass is 16.2. The molecule has 134 valence electrons. The Morgan fingerprint density at radius 3 is 2.19 bits per heavy atom. The number of hydrogen-bond donors (Lipinski definition) is 1. The Morgan fingerprint density at radius 2 is 1.65 bits per heavy atom. The Balaban J connectivity index is 1.92. The van der Waals surface area contributed by atoms with Crippen LogP contribution in [0.25, 0.3) is 0 Å². The third-order valence-electron chi connectivity index (χ3n) is 4.49. The van der Waals surface area contributed by atoms with Crippen LogP contribution in [0.4, 0.5) is 5.69 Å². The smallest absolute Gasteiger partial charge is 0.259 e. The molecule has 1 fully saturated rings. The van der Waals surface area contributed by atoms with Crippen molar-refractivity contribution >= 4 is 23.4 Å². The molecule has 1 heterocycles. The summed E-state index contributed by atoms with van der Waals surface area (Å²) in [5, 5.41) is 0. The molecule has 6 nitrogen and oxygen atoms in total. The Bertz CT molecular complexity index is 828. The number of carbonyl (C=O) groups excluding carboxylic acids is 3. The van der Waals surface area contributed by atoms with Crippen molar-refractivity contribution in [3.63, 3.8) is 0 Å². The van der Waals surface area contributed by atoms with Crippen LogP contribution < -0.4 is 10.6 Å². The largest absolute Gasteiger partial charge is 0.366 e. The summed E-state index contributed by atoms with van der Waals surface area (Å²) in [6.45, 7) is 2.77. The maximum absolute atomic E-state index is 13.1. The van der Waals surface area contributed by atoms with Crippen molar-refractivity contribution in [1.29, 1.82) is 0 Å². The van der Waals surface area contributed by atoms with Crippen molar-refractivity contribution in [3.05, 3.63) is 65.2 Å². The third kappa shape index (κ3) is 3.74. The van der Waals surface area contributed by atoms with Gasteiger partial charge in [0.15, 0.2) is 0 Å². The first kappa shape index (κ1) is 17.7. The highest BCUT2D eigenvalue weighted by Crippen LogP contribution is 2.21. The van der Waals surface area contributed by atoms with Crippen molar-refractivity contribution in [2.45, 2.75) is 19.8 Å². The predicted molar refractivity (Wildman–Crippen MR) is 98.8 cm³/mol. The molecule has 1 aliphatic heterocycles. The van der Waals surface area contributed by atoms with Crippen LogP contribution in [0, 0.1) is 6.92 Å². The molecule has 6 heteroatoms. The second-order valence-electron chi connectivity index (χ2n) is 6.41.